The van der Waals surface area contributed by atoms with Gasteiger partial charge in [0.1, 0.15) is 10.6 Å². The van der Waals surface area contributed by atoms with E-state index in [1.165, 1.54) is 25.3 Å². The fraction of sp³-hybridized carbons (Fsp3) is 0.350. The minimum atomic E-state index is -3.99. The number of carbonyl (C=O) groups is 1. The molecule has 0 saturated carbocycles. The lowest BCUT2D eigenvalue weighted by atomic mass is 10.2. The van der Waals surface area contributed by atoms with Crippen LogP contribution in [0.1, 0.15) is 24.2 Å². The van der Waals surface area contributed by atoms with Gasteiger partial charge >= 0.3 is 5.97 Å². The molecule has 2 N–H and O–H groups in total. The Bertz CT molecular complexity index is 926. The fourth-order valence-corrected chi connectivity index (χ4v) is 3.72. The molecule has 0 spiro atoms. The summed E-state index contributed by atoms with van der Waals surface area (Å²) < 4.78 is 43.9. The summed E-state index contributed by atoms with van der Waals surface area (Å²) in [5.41, 5.74) is 0.860. The Morgan fingerprint density at radius 2 is 1.76 bits per heavy atom. The summed E-state index contributed by atoms with van der Waals surface area (Å²) >= 11 is 0. The molecule has 29 heavy (non-hydrogen) atoms. The van der Waals surface area contributed by atoms with Gasteiger partial charge in [0.15, 0.2) is 0 Å². The Morgan fingerprint density at radius 3 is 2.34 bits per heavy atom. The van der Waals surface area contributed by atoms with Gasteiger partial charge in [0.05, 0.1) is 31.1 Å². The van der Waals surface area contributed by atoms with Crippen LogP contribution in [0, 0.1) is 0 Å². The summed E-state index contributed by atoms with van der Waals surface area (Å²) in [6.45, 7) is 4.24. The number of anilines is 2. The first-order valence-electron chi connectivity index (χ1n) is 9.01. The van der Waals surface area contributed by atoms with E-state index in [0.29, 0.717) is 30.3 Å². The lowest BCUT2D eigenvalue weighted by Crippen LogP contribution is -2.18. The van der Waals surface area contributed by atoms with E-state index in [9.17, 15) is 13.2 Å². The highest BCUT2D eigenvalue weighted by Gasteiger charge is 2.22. The van der Waals surface area contributed by atoms with Gasteiger partial charge in [-0.2, -0.15) is 0 Å². The molecular weight excluding hydrogens is 396 g/mol. The molecule has 0 radical (unpaired) electrons. The molecule has 0 aliphatic heterocycles. The van der Waals surface area contributed by atoms with Crippen molar-refractivity contribution in [2.45, 2.75) is 24.8 Å². The fourth-order valence-electron chi connectivity index (χ4n) is 2.46. The van der Waals surface area contributed by atoms with Crippen molar-refractivity contribution in [3.8, 4) is 5.75 Å². The van der Waals surface area contributed by atoms with Gasteiger partial charge in [0, 0.05) is 19.3 Å². The molecule has 0 bridgehead atoms. The highest BCUT2D eigenvalue weighted by atomic mass is 32.2. The van der Waals surface area contributed by atoms with Gasteiger partial charge in [-0.3, -0.25) is 4.72 Å². The van der Waals surface area contributed by atoms with Crippen LogP contribution < -0.4 is 14.8 Å². The van der Waals surface area contributed by atoms with Crippen molar-refractivity contribution in [3.05, 3.63) is 48.0 Å². The first-order chi connectivity index (χ1) is 13.8. The third kappa shape index (κ3) is 6.37. The molecule has 9 heteroatoms. The molecule has 0 saturated heterocycles. The monoisotopic (exact) mass is 422 g/mol. The van der Waals surface area contributed by atoms with E-state index in [-0.39, 0.29) is 16.6 Å². The Hall–Kier alpha value is -2.78. The van der Waals surface area contributed by atoms with Crippen LogP contribution in [0.5, 0.6) is 5.75 Å². The zero-order chi connectivity index (χ0) is 21.4. The van der Waals surface area contributed by atoms with Gasteiger partial charge in [0.2, 0.25) is 0 Å². The Morgan fingerprint density at radius 1 is 1.07 bits per heavy atom. The quantitative estimate of drug-likeness (QED) is 0.448. The van der Waals surface area contributed by atoms with Gasteiger partial charge in [-0.05, 0) is 56.3 Å². The maximum Gasteiger partial charge on any atom is 0.338 e. The van der Waals surface area contributed by atoms with Crippen LogP contribution in [-0.4, -0.2) is 47.9 Å². The standard InChI is InChI=1S/C20H26N2O6S/c1-14(2)28-20(23)15-5-10-18(21-11-12-26-3)19(13-15)29(24,25)22-16-6-8-17(27-4)9-7-16/h5-10,13-14,21-22H,11-12H2,1-4H3. The van der Waals surface area contributed by atoms with Crippen molar-refractivity contribution in [2.24, 2.45) is 0 Å². The molecule has 0 aliphatic rings. The Balaban J connectivity index is 2.38. The molecule has 0 fully saturated rings. The normalized spacial score (nSPS) is 11.2. The molecule has 0 amide bonds. The number of methoxy groups -OCH3 is 2. The largest absolute Gasteiger partial charge is 0.497 e. The maximum atomic E-state index is 13.0. The average Bonchev–Trinajstić information content (AvgIpc) is 2.68. The van der Waals surface area contributed by atoms with Crippen LogP contribution in [0.15, 0.2) is 47.4 Å². The molecule has 0 heterocycles. The molecule has 0 aliphatic carbocycles. The van der Waals surface area contributed by atoms with E-state index >= 15 is 0 Å². The first-order valence-corrected chi connectivity index (χ1v) is 10.5. The molecule has 2 rings (SSSR count). The van der Waals surface area contributed by atoms with Gasteiger partial charge in [-0.1, -0.05) is 0 Å². The number of ether oxygens (including phenoxy) is 3. The van der Waals surface area contributed by atoms with Crippen LogP contribution in [0.3, 0.4) is 0 Å². The zero-order valence-corrected chi connectivity index (χ0v) is 17.7. The summed E-state index contributed by atoms with van der Waals surface area (Å²) in [6, 6.07) is 10.8. The Labute approximate surface area is 171 Å². The van der Waals surface area contributed by atoms with Gasteiger partial charge in [-0.15, -0.1) is 0 Å². The summed E-state index contributed by atoms with van der Waals surface area (Å²) in [5, 5.41) is 3.01. The highest BCUT2D eigenvalue weighted by molar-refractivity contribution is 7.92. The third-order valence-corrected chi connectivity index (χ3v) is 5.23. The second kappa shape index (κ2) is 10.1. The van der Waals surface area contributed by atoms with E-state index in [2.05, 4.69) is 10.0 Å². The zero-order valence-electron chi connectivity index (χ0n) is 16.9. The van der Waals surface area contributed by atoms with Crippen molar-refractivity contribution in [3.63, 3.8) is 0 Å². The van der Waals surface area contributed by atoms with Crippen LogP contribution in [0.4, 0.5) is 11.4 Å². The van der Waals surface area contributed by atoms with Crippen LogP contribution in [0.2, 0.25) is 0 Å². The number of benzene rings is 2. The summed E-state index contributed by atoms with van der Waals surface area (Å²) in [6.07, 6.45) is -0.320. The van der Waals surface area contributed by atoms with Gasteiger partial charge < -0.3 is 19.5 Å². The summed E-state index contributed by atoms with van der Waals surface area (Å²) in [7, 11) is -0.909. The molecule has 0 aromatic heterocycles. The minimum Gasteiger partial charge on any atom is -0.497 e. The van der Waals surface area contributed by atoms with Gasteiger partial charge in [-0.25, -0.2) is 13.2 Å². The number of sulfonamides is 1. The highest BCUT2D eigenvalue weighted by Crippen LogP contribution is 2.26. The molecule has 158 valence electrons. The van der Waals surface area contributed by atoms with Crippen molar-refractivity contribution >= 4 is 27.4 Å². The van der Waals surface area contributed by atoms with E-state index in [0.717, 1.165) is 0 Å². The second-order valence-electron chi connectivity index (χ2n) is 6.42. The molecule has 0 atom stereocenters. The van der Waals surface area contributed by atoms with Crippen LogP contribution in [0.25, 0.3) is 0 Å². The molecular formula is C20H26N2O6S. The van der Waals surface area contributed by atoms with Crippen molar-refractivity contribution in [2.75, 3.05) is 37.4 Å². The summed E-state index contributed by atoms with van der Waals surface area (Å²) in [4.78, 5) is 12.2. The smallest absolute Gasteiger partial charge is 0.338 e. The van der Waals surface area contributed by atoms with Crippen molar-refractivity contribution in [1.82, 2.24) is 0 Å². The predicted octanol–water partition coefficient (Wildman–Crippen LogP) is 3.12. The third-order valence-electron chi connectivity index (χ3n) is 3.81. The van der Waals surface area contributed by atoms with Crippen LogP contribution >= 0.6 is 0 Å². The minimum absolute atomic E-state index is 0.0670. The number of nitrogens with one attached hydrogen (secondary N) is 2. The SMILES string of the molecule is COCCNc1ccc(C(=O)OC(C)C)cc1S(=O)(=O)Nc1ccc(OC)cc1. The van der Waals surface area contributed by atoms with Crippen LogP contribution in [-0.2, 0) is 19.5 Å². The summed E-state index contributed by atoms with van der Waals surface area (Å²) in [5.74, 6) is 0.0117. The molecule has 2 aromatic carbocycles. The molecule has 0 unspecified atom stereocenters. The number of rotatable bonds is 10. The number of hydrogen-bond donors (Lipinski definition) is 2. The predicted molar refractivity (Wildman–Crippen MR) is 111 cm³/mol. The maximum absolute atomic E-state index is 13.0. The lowest BCUT2D eigenvalue weighted by molar-refractivity contribution is 0.0377. The second-order valence-corrected chi connectivity index (χ2v) is 8.07. The lowest BCUT2D eigenvalue weighted by Gasteiger charge is -2.16. The molecule has 8 nitrogen and oxygen atoms in total. The van der Waals surface area contributed by atoms with E-state index < -0.39 is 16.0 Å². The van der Waals surface area contributed by atoms with E-state index in [4.69, 9.17) is 14.2 Å². The van der Waals surface area contributed by atoms with E-state index in [1.54, 1.807) is 45.2 Å². The number of carbonyl (C=O) groups excluding carboxylic acids is 1. The number of hydrogen-bond acceptors (Lipinski definition) is 7. The molecule has 2 aromatic rings. The average molecular weight is 423 g/mol. The first kappa shape index (κ1) is 22.5. The topological polar surface area (TPSA) is 103 Å². The van der Waals surface area contributed by atoms with Gasteiger partial charge in [0.25, 0.3) is 10.0 Å². The van der Waals surface area contributed by atoms with Crippen molar-refractivity contribution in [1.29, 1.82) is 0 Å². The van der Waals surface area contributed by atoms with Crippen molar-refractivity contribution < 1.29 is 27.4 Å². The Kier molecular flexibility index (Phi) is 7.86. The van der Waals surface area contributed by atoms with E-state index in [1.807, 2.05) is 0 Å². The number of esters is 1.